The van der Waals surface area contributed by atoms with E-state index in [2.05, 4.69) is 15.8 Å². The van der Waals surface area contributed by atoms with Crippen LogP contribution in [0.3, 0.4) is 0 Å². The second kappa shape index (κ2) is 6.55. The average molecular weight is 328 g/mol. The molecule has 3 nitrogen and oxygen atoms in total. The number of alkyl halides is 2. The molecule has 1 heterocycles. The molecule has 0 N–H and O–H groups in total. The van der Waals surface area contributed by atoms with Gasteiger partial charge in [0.05, 0.1) is 15.8 Å². The van der Waals surface area contributed by atoms with Crippen LogP contribution in [0.4, 0.5) is 8.78 Å². The van der Waals surface area contributed by atoms with E-state index in [1.807, 2.05) is 24.3 Å². The van der Waals surface area contributed by atoms with E-state index in [-0.39, 0.29) is 5.75 Å². The van der Waals surface area contributed by atoms with Gasteiger partial charge in [0, 0.05) is 0 Å². The Labute approximate surface area is 135 Å². The van der Waals surface area contributed by atoms with Gasteiger partial charge in [-0.1, -0.05) is 24.3 Å². The lowest BCUT2D eigenvalue weighted by Crippen LogP contribution is -2.01. The van der Waals surface area contributed by atoms with Gasteiger partial charge in [0.2, 0.25) is 0 Å². The molecular formula is C17H10F2N2OS. The Morgan fingerprint density at radius 2 is 1.91 bits per heavy atom. The number of hydrogen-bond acceptors (Lipinski definition) is 4. The van der Waals surface area contributed by atoms with Crippen LogP contribution in [-0.2, 0) is 0 Å². The second-order valence-electron chi connectivity index (χ2n) is 4.60. The van der Waals surface area contributed by atoms with Crippen molar-refractivity contribution in [3.63, 3.8) is 0 Å². The molecule has 0 spiro atoms. The fraction of sp³-hybridized carbons (Fsp3) is 0.0588. The first-order valence-electron chi connectivity index (χ1n) is 6.68. The van der Waals surface area contributed by atoms with E-state index in [1.54, 1.807) is 18.2 Å². The van der Waals surface area contributed by atoms with Crippen LogP contribution in [0.5, 0.6) is 5.75 Å². The van der Waals surface area contributed by atoms with E-state index >= 15 is 0 Å². The zero-order valence-corrected chi connectivity index (χ0v) is 12.6. The highest BCUT2D eigenvalue weighted by Crippen LogP contribution is 2.28. The maximum atomic E-state index is 12.1. The maximum Gasteiger partial charge on any atom is 0.387 e. The van der Waals surface area contributed by atoms with Crippen LogP contribution in [0.25, 0.3) is 21.9 Å². The molecule has 3 aromatic rings. The highest BCUT2D eigenvalue weighted by Gasteiger charge is 2.09. The van der Waals surface area contributed by atoms with Crippen molar-refractivity contribution in [2.24, 2.45) is 0 Å². The molecule has 0 fully saturated rings. The zero-order valence-electron chi connectivity index (χ0n) is 11.7. The Hall–Kier alpha value is -2.78. The lowest BCUT2D eigenvalue weighted by molar-refractivity contribution is -0.0498. The average Bonchev–Trinajstić information content (AvgIpc) is 2.97. The molecule has 0 bridgehead atoms. The Bertz CT molecular complexity index is 862. The van der Waals surface area contributed by atoms with Gasteiger partial charge in [0.15, 0.2) is 0 Å². The van der Waals surface area contributed by atoms with Crippen molar-refractivity contribution in [3.05, 3.63) is 59.1 Å². The standard InChI is InChI=1S/C17H10F2N2OS/c18-17(19)22-13-7-5-11(6-8-13)9-12(10-20)16-21-14-3-1-2-4-15(14)23-16/h1-9,17H. The van der Waals surface area contributed by atoms with Gasteiger partial charge in [-0.2, -0.15) is 14.0 Å². The summed E-state index contributed by atoms with van der Waals surface area (Å²) in [4.78, 5) is 4.44. The summed E-state index contributed by atoms with van der Waals surface area (Å²) in [5.74, 6) is 0.0793. The number of benzene rings is 2. The van der Waals surface area contributed by atoms with Crippen molar-refractivity contribution in [2.45, 2.75) is 6.61 Å². The largest absolute Gasteiger partial charge is 0.435 e. The Morgan fingerprint density at radius 1 is 1.17 bits per heavy atom. The van der Waals surface area contributed by atoms with E-state index in [9.17, 15) is 14.0 Å². The normalized spacial score (nSPS) is 11.7. The van der Waals surface area contributed by atoms with E-state index in [4.69, 9.17) is 0 Å². The summed E-state index contributed by atoms with van der Waals surface area (Å²) in [5, 5.41) is 9.99. The molecule has 0 aliphatic carbocycles. The summed E-state index contributed by atoms with van der Waals surface area (Å²) in [5.41, 5.74) is 1.98. The lowest BCUT2D eigenvalue weighted by Gasteiger charge is -2.04. The number of hydrogen-bond donors (Lipinski definition) is 0. The molecule has 1 aromatic heterocycles. The number of nitrogens with zero attached hydrogens (tertiary/aromatic N) is 2. The molecule has 0 saturated carbocycles. The van der Waals surface area contributed by atoms with Gasteiger partial charge < -0.3 is 4.74 Å². The van der Waals surface area contributed by atoms with Gasteiger partial charge in [-0.05, 0) is 35.9 Å². The number of nitriles is 1. The number of thiazole rings is 1. The minimum atomic E-state index is -2.85. The summed E-state index contributed by atoms with van der Waals surface area (Å²) in [6.45, 7) is -2.85. The number of para-hydroxylation sites is 1. The number of rotatable bonds is 4. The number of aromatic nitrogens is 1. The third kappa shape index (κ3) is 3.52. The monoisotopic (exact) mass is 328 g/mol. The van der Waals surface area contributed by atoms with E-state index in [1.165, 1.54) is 23.5 Å². The molecule has 0 amide bonds. The molecule has 114 valence electrons. The van der Waals surface area contributed by atoms with Crippen LogP contribution in [0.15, 0.2) is 48.5 Å². The number of fused-ring (bicyclic) bond motifs is 1. The van der Waals surface area contributed by atoms with Crippen LogP contribution in [0, 0.1) is 11.3 Å². The maximum absolute atomic E-state index is 12.1. The summed E-state index contributed by atoms with van der Waals surface area (Å²) in [6, 6.07) is 15.9. The van der Waals surface area contributed by atoms with Gasteiger partial charge in [-0.15, -0.1) is 11.3 Å². The predicted octanol–water partition coefficient (Wildman–Crippen LogP) is 4.96. The smallest absolute Gasteiger partial charge is 0.387 e. The summed E-state index contributed by atoms with van der Waals surface area (Å²) in [7, 11) is 0. The van der Waals surface area contributed by atoms with E-state index < -0.39 is 6.61 Å². The van der Waals surface area contributed by atoms with Gasteiger partial charge in [0.1, 0.15) is 16.8 Å². The van der Waals surface area contributed by atoms with Crippen molar-refractivity contribution in [1.29, 1.82) is 5.26 Å². The fourth-order valence-electron chi connectivity index (χ4n) is 2.04. The topological polar surface area (TPSA) is 45.9 Å². The Balaban J connectivity index is 1.90. The van der Waals surface area contributed by atoms with Gasteiger partial charge in [-0.3, -0.25) is 0 Å². The first kappa shape index (κ1) is 15.1. The van der Waals surface area contributed by atoms with Gasteiger partial charge in [0.25, 0.3) is 0 Å². The van der Waals surface area contributed by atoms with E-state index in [0.717, 1.165) is 10.2 Å². The van der Waals surface area contributed by atoms with Crippen LogP contribution < -0.4 is 4.74 Å². The predicted molar refractivity (Wildman–Crippen MR) is 86.2 cm³/mol. The van der Waals surface area contributed by atoms with Crippen molar-refractivity contribution >= 4 is 33.2 Å². The minimum Gasteiger partial charge on any atom is -0.435 e. The van der Waals surface area contributed by atoms with E-state index in [0.29, 0.717) is 16.1 Å². The number of allylic oxidation sites excluding steroid dienone is 1. The Morgan fingerprint density at radius 3 is 2.57 bits per heavy atom. The number of halogens is 2. The molecule has 0 aliphatic heterocycles. The Kier molecular flexibility index (Phi) is 4.31. The van der Waals surface area contributed by atoms with Crippen molar-refractivity contribution in [1.82, 2.24) is 4.98 Å². The number of ether oxygens (including phenoxy) is 1. The molecule has 0 aliphatic rings. The summed E-state index contributed by atoms with van der Waals surface area (Å²) in [6.07, 6.45) is 1.67. The quantitative estimate of drug-likeness (QED) is 0.636. The summed E-state index contributed by atoms with van der Waals surface area (Å²) >= 11 is 1.44. The molecule has 0 atom stereocenters. The van der Waals surface area contributed by atoms with Crippen LogP contribution in [-0.4, -0.2) is 11.6 Å². The fourth-order valence-corrected chi connectivity index (χ4v) is 2.97. The molecule has 0 radical (unpaired) electrons. The molecule has 23 heavy (non-hydrogen) atoms. The molecule has 2 aromatic carbocycles. The molecule has 6 heteroatoms. The molecular weight excluding hydrogens is 318 g/mol. The third-order valence-corrected chi connectivity index (χ3v) is 4.13. The molecule has 3 rings (SSSR count). The van der Waals surface area contributed by atoms with Crippen molar-refractivity contribution in [2.75, 3.05) is 0 Å². The molecule has 0 saturated heterocycles. The van der Waals surface area contributed by atoms with Crippen LogP contribution in [0.1, 0.15) is 10.6 Å². The SMILES string of the molecule is N#CC(=Cc1ccc(OC(F)F)cc1)c1nc2ccccc2s1. The third-order valence-electron chi connectivity index (χ3n) is 3.06. The van der Waals surface area contributed by atoms with Crippen molar-refractivity contribution in [3.8, 4) is 11.8 Å². The van der Waals surface area contributed by atoms with Gasteiger partial charge in [-0.25, -0.2) is 4.98 Å². The highest BCUT2D eigenvalue weighted by atomic mass is 32.1. The van der Waals surface area contributed by atoms with Crippen LogP contribution in [0.2, 0.25) is 0 Å². The highest BCUT2D eigenvalue weighted by molar-refractivity contribution is 7.19. The minimum absolute atomic E-state index is 0.0793. The first-order valence-corrected chi connectivity index (χ1v) is 7.50. The summed E-state index contributed by atoms with van der Waals surface area (Å²) < 4.78 is 29.5. The molecule has 0 unspecified atom stereocenters. The second-order valence-corrected chi connectivity index (χ2v) is 5.63. The van der Waals surface area contributed by atoms with Crippen molar-refractivity contribution < 1.29 is 13.5 Å². The first-order chi connectivity index (χ1) is 11.2. The lowest BCUT2D eigenvalue weighted by atomic mass is 10.1. The van der Waals surface area contributed by atoms with Gasteiger partial charge >= 0.3 is 6.61 Å². The van der Waals surface area contributed by atoms with Crippen LogP contribution >= 0.6 is 11.3 Å². The zero-order chi connectivity index (χ0) is 16.2.